The van der Waals surface area contributed by atoms with Gasteiger partial charge < -0.3 is 108 Å². The molecule has 2 saturated heterocycles. The Kier molecular flexibility index (Phi) is 39.6. The third-order valence-electron chi connectivity index (χ3n) is 17.0. The third-order valence-corrected chi connectivity index (χ3v) is 18.9. The second-order valence-corrected chi connectivity index (χ2v) is 27.6. The summed E-state index contributed by atoms with van der Waals surface area (Å²) in [7, 11) is -3.96. The van der Waals surface area contributed by atoms with Crippen LogP contribution in [-0.2, 0) is 97.4 Å². The van der Waals surface area contributed by atoms with Crippen molar-refractivity contribution >= 4 is 68.9 Å². The number of nitrogens with two attached hydrogens (primary N) is 1. The molecule has 0 saturated carbocycles. The Morgan fingerprint density at radius 3 is 1.71 bits per heavy atom. The topological polar surface area (TPSA) is 416 Å². The van der Waals surface area contributed by atoms with Crippen LogP contribution in [0.1, 0.15) is 76.3 Å². The molecule has 32 nitrogen and oxygen atoms in total. The van der Waals surface area contributed by atoms with E-state index in [2.05, 4.69) is 20.4 Å². The highest BCUT2D eigenvalue weighted by Gasteiger charge is 2.48. The molecule has 112 heavy (non-hydrogen) atoms. The number of carbonyl (C=O) groups is 6. The lowest BCUT2D eigenvalue weighted by atomic mass is 9.99. The number of carboxylic acids is 1. The monoisotopic (exact) mass is 1610 g/mol. The van der Waals surface area contributed by atoms with Crippen LogP contribution >= 0.6 is 0 Å². The number of amides is 3. The van der Waals surface area contributed by atoms with E-state index in [0.717, 1.165) is 12.8 Å². The summed E-state index contributed by atoms with van der Waals surface area (Å²) in [6.07, 6.45) is -7.32. The lowest BCUT2D eigenvalue weighted by Crippen LogP contribution is -2.61. The lowest BCUT2D eigenvalue weighted by Gasteiger charge is -2.38. The maximum absolute atomic E-state index is 13.9. The molecule has 4 aromatic rings. The number of alkyl carbamates (subject to hydrolysis) is 1. The normalized spacial score (nSPS) is 17.2. The number of aliphatic hydroxyl groups excluding tert-OH is 3. The summed E-state index contributed by atoms with van der Waals surface area (Å²) in [5.41, 5.74) is 9.69. The van der Waals surface area contributed by atoms with Crippen molar-refractivity contribution in [3.8, 4) is 22.6 Å². The first-order valence-corrected chi connectivity index (χ1v) is 38.2. The largest absolute Gasteiger partial charge is 0.479 e. The number of nitrogens with zero attached hydrogens (tertiary/aromatic N) is 3. The maximum Gasteiger partial charge on any atom is 0.407 e. The molecule has 5 atom stereocenters. The number of Topliss-reactive ketones (excluding diaryl/α,β-unsaturated/α-hetero) is 1. The zero-order valence-corrected chi connectivity index (χ0v) is 63.4. The van der Waals surface area contributed by atoms with Gasteiger partial charge in [-0.25, -0.2) is 31.8 Å². The minimum absolute atomic E-state index is 0.00233. The molecule has 620 valence electrons. The number of aliphatic imine (C=N–C) groups is 1. The SMILES string of the molecule is CCCN(CCC)C(=O)C1=Cc2ccc(-c3cccc(S(=O)(=O)N4CC(CNC(=O)OCc5ccc(O[C@H]6O[C@H](C(=O)O)[C@@H](O)[C@H](O)[C@H]6O)c(NC(=O)CCCC(=O)CCOCCOCCOCCOCCOCCOCCOCCOCCOCCOCCC(=O)Oc6c(F)c(F)cc(F)c6F)c5)C4)c3)cc2N=C(N)C1. The predicted octanol–water partition coefficient (Wildman–Crippen LogP) is 5.38. The number of aliphatic carboxylic acids is 1. The molecule has 0 spiro atoms. The molecule has 7 rings (SSSR count). The molecule has 3 amide bonds. The van der Waals surface area contributed by atoms with E-state index in [4.69, 9.17) is 67.3 Å². The number of fused-ring (bicyclic) bond motifs is 1. The van der Waals surface area contributed by atoms with Gasteiger partial charge in [-0.05, 0) is 72.4 Å². The van der Waals surface area contributed by atoms with E-state index in [9.17, 15) is 75.2 Å². The molecule has 3 aliphatic heterocycles. The van der Waals surface area contributed by atoms with E-state index >= 15 is 0 Å². The fourth-order valence-electron chi connectivity index (χ4n) is 11.2. The average molecular weight is 1610 g/mol. The number of ketones is 1. The van der Waals surface area contributed by atoms with Crippen molar-refractivity contribution in [2.75, 3.05) is 170 Å². The number of hydrogen-bond donors (Lipinski definition) is 7. The summed E-state index contributed by atoms with van der Waals surface area (Å²) < 4.78 is 158. The molecule has 0 aliphatic carbocycles. The number of hydrogen-bond acceptors (Lipinski definition) is 27. The van der Waals surface area contributed by atoms with Crippen LogP contribution in [-0.4, -0.2) is 275 Å². The molecule has 3 aliphatic rings. The highest BCUT2D eigenvalue weighted by Crippen LogP contribution is 2.36. The Morgan fingerprint density at radius 2 is 1.17 bits per heavy atom. The fraction of sp³-hybridized carbons (Fsp3) is 0.560. The Morgan fingerprint density at radius 1 is 0.634 bits per heavy atom. The molecule has 0 radical (unpaired) electrons. The Balaban J connectivity index is 0.692. The van der Waals surface area contributed by atoms with Crippen LogP contribution < -0.4 is 25.8 Å². The van der Waals surface area contributed by atoms with Crippen molar-refractivity contribution in [3.63, 3.8) is 0 Å². The number of amidine groups is 1. The molecule has 37 heteroatoms. The van der Waals surface area contributed by atoms with Crippen molar-refractivity contribution in [1.29, 1.82) is 0 Å². The van der Waals surface area contributed by atoms with Crippen LogP contribution in [0.4, 0.5) is 33.7 Å². The number of sulfonamides is 1. The van der Waals surface area contributed by atoms with E-state index in [0.29, 0.717) is 126 Å². The van der Waals surface area contributed by atoms with Crippen LogP contribution in [0.25, 0.3) is 17.2 Å². The Bertz CT molecular complexity index is 3830. The van der Waals surface area contributed by atoms with Crippen molar-refractivity contribution in [2.24, 2.45) is 16.6 Å². The summed E-state index contributed by atoms with van der Waals surface area (Å²) in [6.45, 7) is 10.6. The predicted molar refractivity (Wildman–Crippen MR) is 392 cm³/mol. The van der Waals surface area contributed by atoms with Gasteiger partial charge in [-0.2, -0.15) is 13.1 Å². The van der Waals surface area contributed by atoms with E-state index < -0.39 is 100 Å². The van der Waals surface area contributed by atoms with E-state index in [-0.39, 0.29) is 157 Å². The fourth-order valence-corrected chi connectivity index (χ4v) is 12.8. The zero-order valence-electron chi connectivity index (χ0n) is 62.5. The summed E-state index contributed by atoms with van der Waals surface area (Å²) in [5, 5.41) is 46.3. The van der Waals surface area contributed by atoms with Gasteiger partial charge in [-0.3, -0.25) is 19.2 Å². The molecule has 0 unspecified atom stereocenters. The number of carbonyl (C=O) groups excluding carboxylic acids is 5. The summed E-state index contributed by atoms with van der Waals surface area (Å²) >= 11 is 0. The lowest BCUT2D eigenvalue weighted by molar-refractivity contribution is -0.271. The molecular formula is C75H100F4N6O26S. The number of ether oxygens (including phenoxy) is 14. The van der Waals surface area contributed by atoms with Gasteiger partial charge in [-0.15, -0.1) is 0 Å². The molecule has 0 aromatic heterocycles. The minimum atomic E-state index is -3.96. The van der Waals surface area contributed by atoms with Gasteiger partial charge in [0.1, 0.15) is 42.3 Å². The van der Waals surface area contributed by atoms with Crippen LogP contribution in [0, 0.1) is 29.2 Å². The number of rotatable bonds is 54. The maximum atomic E-state index is 13.9. The van der Waals surface area contributed by atoms with Crippen LogP contribution in [0.3, 0.4) is 0 Å². The quantitative estimate of drug-likeness (QED) is 0.00958. The average Bonchev–Trinajstić information content (AvgIpc) is 0.869. The standard InChI is InChI=1S/C75H100F4N6O26S/c1-3-17-84(18-4-2)72(92)54-40-53-13-12-52(42-59(53)82-62(80)43-54)51-7-5-9-56(41-51)112(96,97)85-46-50(47-85)45-81-75(95)108-48-49-11-14-61(109-74-69(91)67(89)68(90)71(111-74)73(93)94)60(39-49)83-63(87)10-6-8-55(86)15-19-98-21-23-100-25-27-102-29-31-104-33-35-106-37-38-107-36-34-105-32-30-103-28-26-101-24-22-99-20-16-64(88)110-70-65(78)57(76)44-58(77)66(70)79/h5,7,9,11-14,39-42,44,50,67-69,71,74,89-91H,3-4,6,8,10,15-38,43,45-48H2,1-2H3,(H2,80,82)(H,81,95)(H,83,87)(H,93,94)/t67-,68-,69+,71-,74-/m0/s1. The van der Waals surface area contributed by atoms with Crippen molar-refractivity contribution < 1.29 is 141 Å². The first kappa shape index (κ1) is 91.0. The van der Waals surface area contributed by atoms with Crippen molar-refractivity contribution in [1.82, 2.24) is 14.5 Å². The summed E-state index contributed by atoms with van der Waals surface area (Å²) in [4.78, 5) is 82.7. The Hall–Kier alpha value is -8.22. The zero-order chi connectivity index (χ0) is 80.8. The molecular weight excluding hydrogens is 1510 g/mol. The minimum Gasteiger partial charge on any atom is -0.479 e. The number of carboxylic acid groups (broad SMARTS) is 1. The number of esters is 1. The van der Waals surface area contributed by atoms with Gasteiger partial charge >= 0.3 is 18.0 Å². The van der Waals surface area contributed by atoms with Crippen molar-refractivity contribution in [3.05, 3.63) is 107 Å². The number of benzene rings is 4. The molecule has 8 N–H and O–H groups in total. The molecule has 4 aromatic carbocycles. The highest BCUT2D eigenvalue weighted by atomic mass is 32.2. The van der Waals surface area contributed by atoms with Crippen LogP contribution in [0.2, 0.25) is 0 Å². The van der Waals surface area contributed by atoms with E-state index in [1.807, 2.05) is 37.0 Å². The molecule has 2 fully saturated rings. The van der Waals surface area contributed by atoms with Gasteiger partial charge in [0.2, 0.25) is 45.5 Å². The van der Waals surface area contributed by atoms with Crippen LogP contribution in [0.15, 0.2) is 82.2 Å². The second kappa shape index (κ2) is 48.8. The Labute approximate surface area is 646 Å². The number of nitrogens with one attached hydrogen (secondary N) is 2. The smallest absolute Gasteiger partial charge is 0.407 e. The number of aliphatic hydroxyl groups is 3. The highest BCUT2D eigenvalue weighted by molar-refractivity contribution is 7.89. The van der Waals surface area contributed by atoms with E-state index in [1.54, 1.807) is 24.3 Å². The van der Waals surface area contributed by atoms with E-state index in [1.165, 1.54) is 28.6 Å². The van der Waals surface area contributed by atoms with Gasteiger partial charge in [0.05, 0.1) is 155 Å². The number of halogens is 4. The van der Waals surface area contributed by atoms with Crippen molar-refractivity contribution in [2.45, 2.75) is 107 Å². The summed E-state index contributed by atoms with van der Waals surface area (Å²) in [6, 6.07) is 16.1. The summed E-state index contributed by atoms with van der Waals surface area (Å²) in [5.74, 6) is -12.3. The van der Waals surface area contributed by atoms with Gasteiger partial charge in [0, 0.05) is 81.5 Å². The molecule has 0 bridgehead atoms. The van der Waals surface area contributed by atoms with Crippen LogP contribution in [0.5, 0.6) is 11.5 Å². The third kappa shape index (κ3) is 30.3. The first-order valence-electron chi connectivity index (χ1n) is 36.8. The van der Waals surface area contributed by atoms with Gasteiger partial charge in [-0.1, -0.05) is 44.2 Å². The first-order chi connectivity index (χ1) is 54.0. The van der Waals surface area contributed by atoms with Gasteiger partial charge in [0.15, 0.2) is 17.7 Å². The molecule has 3 heterocycles. The second-order valence-electron chi connectivity index (χ2n) is 25.7. The van der Waals surface area contributed by atoms with Gasteiger partial charge in [0.25, 0.3) is 0 Å². The number of anilines is 1.